The van der Waals surface area contributed by atoms with Crippen molar-refractivity contribution in [2.75, 3.05) is 26.4 Å². The molecule has 0 bridgehead atoms. The molecule has 10 heteroatoms. The summed E-state index contributed by atoms with van der Waals surface area (Å²) in [4.78, 5) is 35.0. The van der Waals surface area contributed by atoms with E-state index in [0.29, 0.717) is 6.42 Å². The fourth-order valence-corrected chi connectivity index (χ4v) is 9.26. The number of phosphoric ester groups is 1. The highest BCUT2D eigenvalue weighted by atomic mass is 31.2. The van der Waals surface area contributed by atoms with E-state index in [-0.39, 0.29) is 38.6 Å². The van der Waals surface area contributed by atoms with Gasteiger partial charge in [0.2, 0.25) is 0 Å². The van der Waals surface area contributed by atoms with Crippen LogP contribution >= 0.6 is 7.82 Å². The highest BCUT2D eigenvalue weighted by Crippen LogP contribution is 2.43. The number of unbranched alkanes of at least 4 members (excludes halogenated alkanes) is 38. The maximum Gasteiger partial charge on any atom is 0.472 e. The van der Waals surface area contributed by atoms with Crippen molar-refractivity contribution in [3.05, 3.63) is 24.3 Å². The van der Waals surface area contributed by atoms with Crippen LogP contribution in [0.15, 0.2) is 24.3 Å². The maximum absolute atomic E-state index is 12.7. The Morgan fingerprint density at radius 2 is 0.746 bits per heavy atom. The number of allylic oxidation sites excluding steroid dienone is 4. The summed E-state index contributed by atoms with van der Waals surface area (Å²) >= 11 is 0. The summed E-state index contributed by atoms with van der Waals surface area (Å²) in [5, 5.41) is 0. The van der Waals surface area contributed by atoms with Crippen molar-refractivity contribution in [3.8, 4) is 0 Å². The van der Waals surface area contributed by atoms with Crippen molar-refractivity contribution in [2.24, 2.45) is 5.73 Å². The van der Waals surface area contributed by atoms with Gasteiger partial charge < -0.3 is 20.1 Å². The van der Waals surface area contributed by atoms with Crippen LogP contribution in [0.3, 0.4) is 0 Å². The van der Waals surface area contributed by atoms with Gasteiger partial charge in [0.05, 0.1) is 13.2 Å². The second kappa shape index (κ2) is 53.8. The Labute approximate surface area is 414 Å². The van der Waals surface area contributed by atoms with E-state index in [1.54, 1.807) is 0 Å². The quantitative estimate of drug-likeness (QED) is 0.0264. The van der Waals surface area contributed by atoms with Crippen molar-refractivity contribution in [3.63, 3.8) is 0 Å². The van der Waals surface area contributed by atoms with Crippen LogP contribution in [0.4, 0.5) is 0 Å². The number of nitrogens with two attached hydrogens (primary N) is 1. The molecule has 396 valence electrons. The summed E-state index contributed by atoms with van der Waals surface area (Å²) in [6, 6.07) is 0. The molecule has 67 heavy (non-hydrogen) atoms. The van der Waals surface area contributed by atoms with Crippen LogP contribution in [0.2, 0.25) is 0 Å². The van der Waals surface area contributed by atoms with Gasteiger partial charge in [-0.2, -0.15) is 0 Å². The molecule has 0 fully saturated rings. The molecule has 2 unspecified atom stereocenters. The predicted molar refractivity (Wildman–Crippen MR) is 284 cm³/mol. The van der Waals surface area contributed by atoms with Gasteiger partial charge in [0.25, 0.3) is 0 Å². The van der Waals surface area contributed by atoms with Crippen LogP contribution in [0.5, 0.6) is 0 Å². The van der Waals surface area contributed by atoms with Crippen molar-refractivity contribution in [1.29, 1.82) is 0 Å². The fourth-order valence-electron chi connectivity index (χ4n) is 8.50. The summed E-state index contributed by atoms with van der Waals surface area (Å²) in [6.07, 6.45) is 62.7. The average molecular weight is 968 g/mol. The molecule has 0 aliphatic rings. The molecule has 0 saturated heterocycles. The third-order valence-electron chi connectivity index (χ3n) is 12.8. The van der Waals surface area contributed by atoms with Crippen LogP contribution in [0.25, 0.3) is 0 Å². The molecule has 0 heterocycles. The Kier molecular flexibility index (Phi) is 52.6. The Morgan fingerprint density at radius 1 is 0.433 bits per heavy atom. The van der Waals surface area contributed by atoms with Crippen LogP contribution in [0.1, 0.15) is 296 Å². The molecule has 0 saturated carbocycles. The third kappa shape index (κ3) is 53.7. The monoisotopic (exact) mass is 968 g/mol. The topological polar surface area (TPSA) is 134 Å². The summed E-state index contributed by atoms with van der Waals surface area (Å²) in [7, 11) is -4.38. The molecule has 0 aromatic rings. The minimum atomic E-state index is -4.38. The van der Waals surface area contributed by atoms with Crippen LogP contribution in [0, 0.1) is 0 Å². The Morgan fingerprint density at radius 3 is 1.10 bits per heavy atom. The van der Waals surface area contributed by atoms with Gasteiger partial charge >= 0.3 is 19.8 Å². The number of phosphoric acid groups is 1. The largest absolute Gasteiger partial charge is 0.472 e. The normalized spacial score (nSPS) is 13.2. The maximum atomic E-state index is 12.7. The second-order valence-electron chi connectivity index (χ2n) is 19.5. The van der Waals surface area contributed by atoms with E-state index in [0.717, 1.165) is 57.8 Å². The smallest absolute Gasteiger partial charge is 0.462 e. The lowest BCUT2D eigenvalue weighted by molar-refractivity contribution is -0.161. The van der Waals surface area contributed by atoms with Gasteiger partial charge in [-0.25, -0.2) is 4.57 Å². The van der Waals surface area contributed by atoms with E-state index in [1.165, 1.54) is 205 Å². The number of carbonyl (C=O) groups is 2. The van der Waals surface area contributed by atoms with Gasteiger partial charge in [0.1, 0.15) is 6.61 Å². The Hall–Kier alpha value is -1.51. The third-order valence-corrected chi connectivity index (χ3v) is 13.8. The number of carbonyl (C=O) groups excluding carboxylic acids is 2. The first-order valence-corrected chi connectivity index (χ1v) is 30.3. The molecule has 0 radical (unpaired) electrons. The molecule has 0 aliphatic heterocycles. The van der Waals surface area contributed by atoms with Gasteiger partial charge in [0.15, 0.2) is 6.10 Å². The highest BCUT2D eigenvalue weighted by Gasteiger charge is 2.26. The minimum absolute atomic E-state index is 0.0546. The second-order valence-corrected chi connectivity index (χ2v) is 21.0. The van der Waals surface area contributed by atoms with Crippen LogP contribution in [-0.4, -0.2) is 49.3 Å². The molecule has 0 amide bonds. The SMILES string of the molecule is CCCC/C=C\CCCCCCCC(=O)OCC(COP(=O)(O)OCCN)OC(=O)CCCCCCCCCCCCCCCCCCCCCCCCC/C=C\CCCCCCCCCC. The van der Waals surface area contributed by atoms with Crippen molar-refractivity contribution < 1.29 is 37.6 Å². The molecular weight excluding hydrogens is 858 g/mol. The standard InChI is InChI=1S/C57H110NO8P/c1-3-5-7-9-11-13-15-16-17-18-19-20-21-22-23-24-25-26-27-28-29-30-31-32-33-34-35-36-37-38-40-42-44-46-48-50-57(60)66-55(54-65-67(61,62)64-52-51-58)53-63-56(59)49-47-45-43-41-39-14-12-10-8-6-4-2/h10,12,18-19,55H,3-9,11,13-17,20-54,58H2,1-2H3,(H,61,62)/b12-10-,19-18-. The molecule has 0 aliphatic carbocycles. The number of hydrogen-bond acceptors (Lipinski definition) is 8. The van der Waals surface area contributed by atoms with Crippen molar-refractivity contribution >= 4 is 19.8 Å². The zero-order valence-corrected chi connectivity index (χ0v) is 45.1. The molecule has 3 N–H and O–H groups in total. The molecule has 0 spiro atoms. The lowest BCUT2D eigenvalue weighted by Crippen LogP contribution is -2.29. The highest BCUT2D eigenvalue weighted by molar-refractivity contribution is 7.47. The first-order chi connectivity index (χ1) is 32.8. The molecule has 0 aromatic heterocycles. The van der Waals surface area contributed by atoms with Crippen molar-refractivity contribution in [1.82, 2.24) is 0 Å². The van der Waals surface area contributed by atoms with E-state index < -0.39 is 26.5 Å². The van der Waals surface area contributed by atoms with E-state index in [9.17, 15) is 19.0 Å². The van der Waals surface area contributed by atoms with Crippen LogP contribution < -0.4 is 5.73 Å². The van der Waals surface area contributed by atoms with Gasteiger partial charge in [-0.3, -0.25) is 18.6 Å². The number of rotatable bonds is 55. The lowest BCUT2D eigenvalue weighted by Gasteiger charge is -2.19. The first-order valence-electron chi connectivity index (χ1n) is 28.8. The average Bonchev–Trinajstić information content (AvgIpc) is 3.32. The number of hydrogen-bond donors (Lipinski definition) is 2. The lowest BCUT2D eigenvalue weighted by atomic mass is 10.0. The van der Waals surface area contributed by atoms with E-state index in [2.05, 4.69) is 38.2 Å². The summed E-state index contributed by atoms with van der Waals surface area (Å²) < 4.78 is 32.9. The zero-order chi connectivity index (χ0) is 48.8. The summed E-state index contributed by atoms with van der Waals surface area (Å²) in [5.74, 6) is -0.827. The van der Waals surface area contributed by atoms with Crippen LogP contribution in [-0.2, 0) is 32.7 Å². The molecule has 9 nitrogen and oxygen atoms in total. The van der Waals surface area contributed by atoms with Gasteiger partial charge in [-0.1, -0.05) is 250 Å². The zero-order valence-electron chi connectivity index (χ0n) is 44.2. The van der Waals surface area contributed by atoms with E-state index >= 15 is 0 Å². The number of ether oxygens (including phenoxy) is 2. The summed E-state index contributed by atoms with van der Waals surface area (Å²) in [5.41, 5.74) is 5.36. The Bertz CT molecular complexity index is 1150. The molecule has 0 rings (SSSR count). The minimum Gasteiger partial charge on any atom is -0.462 e. The van der Waals surface area contributed by atoms with Gasteiger partial charge in [0, 0.05) is 19.4 Å². The first kappa shape index (κ1) is 65.5. The van der Waals surface area contributed by atoms with E-state index in [1.807, 2.05) is 0 Å². The van der Waals surface area contributed by atoms with Gasteiger partial charge in [-0.15, -0.1) is 0 Å². The fraction of sp³-hybridized carbons (Fsp3) is 0.895. The van der Waals surface area contributed by atoms with E-state index in [4.69, 9.17) is 24.3 Å². The molecule has 0 aromatic carbocycles. The molecular formula is C57H110NO8P. The Balaban J connectivity index is 3.75. The van der Waals surface area contributed by atoms with Gasteiger partial charge in [-0.05, 0) is 57.8 Å². The summed E-state index contributed by atoms with van der Waals surface area (Å²) in [6.45, 7) is 3.73. The number of esters is 2. The van der Waals surface area contributed by atoms with Crippen molar-refractivity contribution in [2.45, 2.75) is 302 Å². The predicted octanol–water partition coefficient (Wildman–Crippen LogP) is 17.9. The molecule has 2 atom stereocenters.